The second-order valence-corrected chi connectivity index (χ2v) is 5.94. The highest BCUT2D eigenvalue weighted by Gasteiger charge is 2.26. The van der Waals surface area contributed by atoms with Gasteiger partial charge < -0.3 is 15.2 Å². The summed E-state index contributed by atoms with van der Waals surface area (Å²) in [6.07, 6.45) is 6.12. The third-order valence-corrected chi connectivity index (χ3v) is 4.15. The zero-order valence-corrected chi connectivity index (χ0v) is 13.3. The van der Waals surface area contributed by atoms with E-state index in [0.717, 1.165) is 43.0 Å². The molecule has 1 aliphatic rings. The molecule has 1 saturated heterocycles. The number of nitrogens with zero attached hydrogens (tertiary/aromatic N) is 4. The Morgan fingerprint density at radius 2 is 2.35 bits per heavy atom. The molecule has 1 amide bonds. The molecule has 0 aliphatic carbocycles. The lowest BCUT2D eigenvalue weighted by Gasteiger charge is -2.32. The predicted molar refractivity (Wildman–Crippen MR) is 87.0 cm³/mol. The maximum atomic E-state index is 12.4. The Bertz CT molecular complexity index is 625. The Morgan fingerprint density at radius 3 is 3.09 bits per heavy atom. The predicted octanol–water partition coefficient (Wildman–Crippen LogP) is 1.08. The number of nitrogens with one attached hydrogen (secondary N) is 2. The van der Waals surface area contributed by atoms with Crippen molar-refractivity contribution in [3.63, 3.8) is 0 Å². The van der Waals surface area contributed by atoms with E-state index < -0.39 is 0 Å². The molecule has 0 radical (unpaired) electrons. The molecule has 7 nitrogen and oxygen atoms in total. The van der Waals surface area contributed by atoms with Gasteiger partial charge in [0.15, 0.2) is 5.82 Å². The number of amides is 1. The summed E-state index contributed by atoms with van der Waals surface area (Å²) in [6.45, 7) is 4.17. The van der Waals surface area contributed by atoms with E-state index in [4.69, 9.17) is 0 Å². The van der Waals surface area contributed by atoms with Gasteiger partial charge in [0.1, 0.15) is 0 Å². The molecule has 0 bridgehead atoms. The molecule has 1 fully saturated rings. The monoisotopic (exact) mass is 314 g/mol. The maximum Gasteiger partial charge on any atom is 0.224 e. The van der Waals surface area contributed by atoms with Crippen LogP contribution >= 0.6 is 0 Å². The highest BCUT2D eigenvalue weighted by atomic mass is 16.1. The van der Waals surface area contributed by atoms with Gasteiger partial charge in [0.2, 0.25) is 5.91 Å². The van der Waals surface area contributed by atoms with E-state index >= 15 is 0 Å². The summed E-state index contributed by atoms with van der Waals surface area (Å²) in [5, 5.41) is 11.3. The van der Waals surface area contributed by atoms with Gasteiger partial charge in [-0.3, -0.25) is 4.79 Å². The first kappa shape index (κ1) is 15.5. The van der Waals surface area contributed by atoms with E-state index in [9.17, 15) is 4.79 Å². The molecule has 2 N–H and O–H groups in total. The van der Waals surface area contributed by atoms with Gasteiger partial charge in [-0.05, 0) is 31.9 Å². The Balaban J connectivity index is 1.51. The van der Waals surface area contributed by atoms with Gasteiger partial charge >= 0.3 is 0 Å². The van der Waals surface area contributed by atoms with Crippen molar-refractivity contribution in [2.45, 2.75) is 26.2 Å². The van der Waals surface area contributed by atoms with Crippen LogP contribution in [0.1, 0.15) is 24.2 Å². The highest BCUT2D eigenvalue weighted by molar-refractivity contribution is 5.79. The highest BCUT2D eigenvalue weighted by Crippen LogP contribution is 2.21. The molecular formula is C16H22N6O. The van der Waals surface area contributed by atoms with E-state index in [1.54, 1.807) is 12.5 Å². The Morgan fingerprint density at radius 1 is 1.43 bits per heavy atom. The fourth-order valence-corrected chi connectivity index (χ4v) is 2.85. The number of aromatic amines is 1. The third-order valence-electron chi connectivity index (χ3n) is 4.15. The van der Waals surface area contributed by atoms with Gasteiger partial charge in [-0.2, -0.15) is 5.10 Å². The van der Waals surface area contributed by atoms with Crippen molar-refractivity contribution in [3.05, 3.63) is 36.0 Å². The number of piperidine rings is 1. The van der Waals surface area contributed by atoms with Gasteiger partial charge in [-0.15, -0.1) is 5.10 Å². The van der Waals surface area contributed by atoms with Crippen molar-refractivity contribution in [1.29, 1.82) is 0 Å². The molecular weight excluding hydrogens is 292 g/mol. The summed E-state index contributed by atoms with van der Waals surface area (Å²) in [6, 6.07) is 3.93. The number of H-pyrrole nitrogens is 1. The molecule has 7 heteroatoms. The van der Waals surface area contributed by atoms with Crippen LogP contribution in [0.5, 0.6) is 0 Å². The smallest absolute Gasteiger partial charge is 0.224 e. The molecule has 0 saturated carbocycles. The van der Waals surface area contributed by atoms with Crippen molar-refractivity contribution in [3.8, 4) is 0 Å². The van der Waals surface area contributed by atoms with Crippen LogP contribution in [0.4, 0.5) is 5.82 Å². The summed E-state index contributed by atoms with van der Waals surface area (Å²) in [4.78, 5) is 21.5. The number of hydrogen-bond acceptors (Lipinski definition) is 5. The molecule has 2 aromatic heterocycles. The molecule has 1 aliphatic heterocycles. The minimum absolute atomic E-state index is 0.00798. The van der Waals surface area contributed by atoms with E-state index in [1.807, 2.05) is 19.1 Å². The van der Waals surface area contributed by atoms with Crippen LogP contribution in [-0.4, -0.2) is 45.7 Å². The lowest BCUT2D eigenvalue weighted by Crippen LogP contribution is -2.43. The quantitative estimate of drug-likeness (QED) is 0.862. The number of hydrogen-bond donors (Lipinski definition) is 2. The van der Waals surface area contributed by atoms with Crippen LogP contribution in [0, 0.1) is 12.8 Å². The number of carbonyl (C=O) groups is 1. The number of aryl methyl sites for hydroxylation is 1. The van der Waals surface area contributed by atoms with Gasteiger partial charge in [-0.1, -0.05) is 0 Å². The first-order valence-electron chi connectivity index (χ1n) is 8.02. The third kappa shape index (κ3) is 4.06. The summed E-state index contributed by atoms with van der Waals surface area (Å²) in [5.74, 6) is 0.980. The van der Waals surface area contributed by atoms with Crippen molar-refractivity contribution < 1.29 is 4.79 Å². The van der Waals surface area contributed by atoms with Crippen molar-refractivity contribution >= 4 is 11.7 Å². The fourth-order valence-electron chi connectivity index (χ4n) is 2.85. The number of aromatic nitrogens is 4. The summed E-state index contributed by atoms with van der Waals surface area (Å²) in [5.41, 5.74) is 1.93. The molecule has 122 valence electrons. The number of carbonyl (C=O) groups excluding carboxylic acids is 1. The Hall–Kier alpha value is -2.44. The van der Waals surface area contributed by atoms with Gasteiger partial charge in [-0.25, -0.2) is 4.98 Å². The zero-order chi connectivity index (χ0) is 16.1. The topological polar surface area (TPSA) is 86.8 Å². The van der Waals surface area contributed by atoms with Gasteiger partial charge in [0, 0.05) is 37.9 Å². The first-order chi connectivity index (χ1) is 11.2. The SMILES string of the molecule is Cc1ccc(N2CCCC(C(=O)NCCc3cnc[nH]3)C2)nn1. The first-order valence-corrected chi connectivity index (χ1v) is 8.02. The summed E-state index contributed by atoms with van der Waals surface area (Å²) >= 11 is 0. The minimum atomic E-state index is 0.00798. The molecule has 3 heterocycles. The van der Waals surface area contributed by atoms with Gasteiger partial charge in [0.05, 0.1) is 17.9 Å². The molecule has 3 rings (SSSR count). The van der Waals surface area contributed by atoms with Crippen LogP contribution in [0.3, 0.4) is 0 Å². The number of imidazole rings is 1. The molecule has 0 spiro atoms. The van der Waals surface area contributed by atoms with E-state index in [-0.39, 0.29) is 11.8 Å². The van der Waals surface area contributed by atoms with Crippen molar-refractivity contribution in [2.24, 2.45) is 5.92 Å². The second-order valence-electron chi connectivity index (χ2n) is 5.94. The molecule has 23 heavy (non-hydrogen) atoms. The summed E-state index contributed by atoms with van der Waals surface area (Å²) in [7, 11) is 0. The molecule has 1 unspecified atom stereocenters. The standard InChI is InChI=1S/C16H22N6O/c1-12-4-5-15(21-20-12)22-8-2-3-13(10-22)16(23)18-7-6-14-9-17-11-19-14/h4-5,9,11,13H,2-3,6-8,10H2,1H3,(H,17,19)(H,18,23). The minimum Gasteiger partial charge on any atom is -0.355 e. The molecule has 1 atom stereocenters. The number of rotatable bonds is 5. The Kier molecular flexibility index (Phi) is 4.85. The molecule has 0 aromatic carbocycles. The van der Waals surface area contributed by atoms with Crippen LogP contribution < -0.4 is 10.2 Å². The van der Waals surface area contributed by atoms with Crippen LogP contribution in [-0.2, 0) is 11.2 Å². The van der Waals surface area contributed by atoms with E-state index in [1.165, 1.54) is 0 Å². The lowest BCUT2D eigenvalue weighted by molar-refractivity contribution is -0.125. The second kappa shape index (κ2) is 7.21. The largest absolute Gasteiger partial charge is 0.355 e. The average Bonchev–Trinajstić information content (AvgIpc) is 3.09. The van der Waals surface area contributed by atoms with E-state index in [2.05, 4.69) is 30.4 Å². The van der Waals surface area contributed by atoms with E-state index in [0.29, 0.717) is 13.1 Å². The lowest BCUT2D eigenvalue weighted by atomic mass is 9.97. The van der Waals surface area contributed by atoms with Crippen molar-refractivity contribution in [1.82, 2.24) is 25.5 Å². The average molecular weight is 314 g/mol. The zero-order valence-electron chi connectivity index (χ0n) is 13.3. The maximum absolute atomic E-state index is 12.4. The van der Waals surface area contributed by atoms with Crippen LogP contribution in [0.15, 0.2) is 24.7 Å². The van der Waals surface area contributed by atoms with Crippen LogP contribution in [0.2, 0.25) is 0 Å². The summed E-state index contributed by atoms with van der Waals surface area (Å²) < 4.78 is 0. The number of anilines is 1. The van der Waals surface area contributed by atoms with Gasteiger partial charge in [0.25, 0.3) is 0 Å². The normalized spacial score (nSPS) is 18.0. The fraction of sp³-hybridized carbons (Fsp3) is 0.500. The van der Waals surface area contributed by atoms with Crippen molar-refractivity contribution in [2.75, 3.05) is 24.5 Å². The molecule has 2 aromatic rings. The Labute approximate surface area is 135 Å². The van der Waals surface area contributed by atoms with Crippen LogP contribution in [0.25, 0.3) is 0 Å².